The molecule has 116 valence electrons. The molecular formula is C15H24N4OS. The molecule has 0 fully saturated rings. The zero-order valence-corrected chi connectivity index (χ0v) is 13.9. The van der Waals surface area contributed by atoms with E-state index in [-0.39, 0.29) is 11.8 Å². The van der Waals surface area contributed by atoms with Crippen LogP contribution in [-0.2, 0) is 0 Å². The van der Waals surface area contributed by atoms with E-state index in [4.69, 9.17) is 12.2 Å². The number of hydrazone groups is 1. The molecule has 1 aromatic carbocycles. The van der Waals surface area contributed by atoms with Crippen molar-refractivity contribution in [2.24, 2.45) is 5.10 Å². The molecule has 0 unspecified atom stereocenters. The molecule has 1 rings (SSSR count). The quantitative estimate of drug-likeness (QED) is 0.428. The number of phenols is 1. The van der Waals surface area contributed by atoms with E-state index in [0.717, 1.165) is 18.8 Å². The lowest BCUT2D eigenvalue weighted by atomic mass is 10.2. The Hall–Kier alpha value is -1.82. The molecule has 21 heavy (non-hydrogen) atoms. The van der Waals surface area contributed by atoms with E-state index < -0.39 is 0 Å². The van der Waals surface area contributed by atoms with Crippen LogP contribution in [0.2, 0.25) is 0 Å². The average molecular weight is 308 g/mol. The first-order chi connectivity index (χ1) is 9.97. The SMILES string of the molecule is CCN(CC)c1ccc(/C=N\NC(=S)NC(C)C)c(O)c1. The number of benzene rings is 1. The lowest BCUT2D eigenvalue weighted by molar-refractivity contribution is 0.474. The van der Waals surface area contributed by atoms with Gasteiger partial charge in [-0.25, -0.2) is 0 Å². The van der Waals surface area contributed by atoms with Crippen molar-refractivity contribution >= 4 is 29.2 Å². The molecule has 3 N–H and O–H groups in total. The van der Waals surface area contributed by atoms with Gasteiger partial charge in [-0.3, -0.25) is 5.43 Å². The second-order valence-corrected chi connectivity index (χ2v) is 5.32. The molecule has 5 nitrogen and oxygen atoms in total. The van der Waals surface area contributed by atoms with Crippen LogP contribution in [0.3, 0.4) is 0 Å². The van der Waals surface area contributed by atoms with Crippen LogP contribution in [0.15, 0.2) is 23.3 Å². The van der Waals surface area contributed by atoms with E-state index in [1.54, 1.807) is 12.3 Å². The molecule has 0 saturated carbocycles. The number of rotatable bonds is 6. The van der Waals surface area contributed by atoms with Crippen LogP contribution in [0.5, 0.6) is 5.75 Å². The fourth-order valence-corrected chi connectivity index (χ4v) is 2.17. The molecule has 6 heteroatoms. The zero-order chi connectivity index (χ0) is 15.8. The first-order valence-corrected chi connectivity index (χ1v) is 7.56. The summed E-state index contributed by atoms with van der Waals surface area (Å²) in [4.78, 5) is 2.17. The maximum absolute atomic E-state index is 10.0. The van der Waals surface area contributed by atoms with Crippen LogP contribution >= 0.6 is 12.2 Å². The molecular weight excluding hydrogens is 284 g/mol. The highest BCUT2D eigenvalue weighted by Crippen LogP contribution is 2.23. The standard InChI is InChI=1S/C15H24N4OS/c1-5-19(6-2)13-8-7-12(14(20)9-13)10-16-18-15(21)17-11(3)4/h7-11,20H,5-6H2,1-4H3,(H2,17,18,21)/b16-10-. The van der Waals surface area contributed by atoms with Gasteiger partial charge in [-0.15, -0.1) is 0 Å². The van der Waals surface area contributed by atoms with Crippen molar-refractivity contribution in [2.75, 3.05) is 18.0 Å². The molecule has 0 atom stereocenters. The summed E-state index contributed by atoms with van der Waals surface area (Å²) in [5.74, 6) is 0.202. The number of hydrogen-bond donors (Lipinski definition) is 3. The van der Waals surface area contributed by atoms with E-state index in [0.29, 0.717) is 10.7 Å². The molecule has 0 aliphatic rings. The van der Waals surface area contributed by atoms with Crippen LogP contribution in [0.1, 0.15) is 33.3 Å². The first-order valence-electron chi connectivity index (χ1n) is 7.15. The summed E-state index contributed by atoms with van der Waals surface area (Å²) >= 11 is 5.06. The molecule has 0 aliphatic heterocycles. The molecule has 0 aromatic heterocycles. The predicted molar refractivity (Wildman–Crippen MR) is 93.3 cm³/mol. The van der Waals surface area contributed by atoms with Gasteiger partial charge in [0.2, 0.25) is 0 Å². The number of phenolic OH excluding ortho intramolecular Hbond substituents is 1. The van der Waals surface area contributed by atoms with Gasteiger partial charge in [0, 0.05) is 36.4 Å². The monoisotopic (exact) mass is 308 g/mol. The van der Waals surface area contributed by atoms with E-state index in [2.05, 4.69) is 34.6 Å². The molecule has 0 amide bonds. The molecule has 0 aliphatic carbocycles. The van der Waals surface area contributed by atoms with E-state index in [1.165, 1.54) is 0 Å². The van der Waals surface area contributed by atoms with Gasteiger partial charge in [0.15, 0.2) is 5.11 Å². The fourth-order valence-electron chi connectivity index (χ4n) is 1.88. The highest BCUT2D eigenvalue weighted by Gasteiger charge is 2.05. The van der Waals surface area contributed by atoms with Crippen LogP contribution in [-0.4, -0.2) is 35.6 Å². The van der Waals surface area contributed by atoms with E-state index in [1.807, 2.05) is 26.0 Å². The Morgan fingerprint density at radius 2 is 2.05 bits per heavy atom. The minimum atomic E-state index is 0.202. The number of nitrogens with one attached hydrogen (secondary N) is 2. The largest absolute Gasteiger partial charge is 0.507 e. The zero-order valence-electron chi connectivity index (χ0n) is 13.1. The number of thiocarbonyl (C=S) groups is 1. The van der Waals surface area contributed by atoms with Gasteiger partial charge >= 0.3 is 0 Å². The minimum absolute atomic E-state index is 0.202. The molecule has 1 aromatic rings. The summed E-state index contributed by atoms with van der Waals surface area (Å²) < 4.78 is 0. The Labute approximate surface area is 132 Å². The second-order valence-electron chi connectivity index (χ2n) is 4.91. The van der Waals surface area contributed by atoms with Crippen molar-refractivity contribution in [3.05, 3.63) is 23.8 Å². The van der Waals surface area contributed by atoms with Gasteiger partial charge < -0.3 is 15.3 Å². The van der Waals surface area contributed by atoms with Crippen LogP contribution in [0, 0.1) is 0 Å². The Morgan fingerprint density at radius 1 is 1.38 bits per heavy atom. The Kier molecular flexibility index (Phi) is 6.94. The predicted octanol–water partition coefficient (Wildman–Crippen LogP) is 2.44. The van der Waals surface area contributed by atoms with Crippen LogP contribution in [0.25, 0.3) is 0 Å². The van der Waals surface area contributed by atoms with Crippen molar-refractivity contribution < 1.29 is 5.11 Å². The Morgan fingerprint density at radius 3 is 2.57 bits per heavy atom. The third kappa shape index (κ3) is 5.59. The molecule has 0 heterocycles. The molecule has 0 spiro atoms. The highest BCUT2D eigenvalue weighted by molar-refractivity contribution is 7.80. The van der Waals surface area contributed by atoms with Gasteiger partial charge in [0.1, 0.15) is 5.75 Å². The van der Waals surface area contributed by atoms with Gasteiger partial charge in [-0.05, 0) is 52.0 Å². The molecule has 0 radical (unpaired) electrons. The smallest absolute Gasteiger partial charge is 0.187 e. The number of aromatic hydroxyl groups is 1. The van der Waals surface area contributed by atoms with Crippen LogP contribution < -0.4 is 15.6 Å². The number of nitrogens with zero attached hydrogens (tertiary/aromatic N) is 2. The average Bonchev–Trinajstić information content (AvgIpc) is 2.41. The third-order valence-corrected chi connectivity index (χ3v) is 3.14. The van der Waals surface area contributed by atoms with Gasteiger partial charge in [0.05, 0.1) is 6.21 Å². The lowest BCUT2D eigenvalue weighted by Crippen LogP contribution is -2.36. The summed E-state index contributed by atoms with van der Waals surface area (Å²) in [6, 6.07) is 5.81. The minimum Gasteiger partial charge on any atom is -0.507 e. The Bertz CT molecular complexity index is 498. The van der Waals surface area contributed by atoms with E-state index in [9.17, 15) is 5.11 Å². The van der Waals surface area contributed by atoms with Crippen molar-refractivity contribution in [3.63, 3.8) is 0 Å². The molecule has 0 bridgehead atoms. The Balaban J connectivity index is 2.70. The van der Waals surface area contributed by atoms with Crippen molar-refractivity contribution in [2.45, 2.75) is 33.7 Å². The summed E-state index contributed by atoms with van der Waals surface area (Å²) in [5, 5.41) is 17.5. The van der Waals surface area contributed by atoms with E-state index >= 15 is 0 Å². The van der Waals surface area contributed by atoms with Gasteiger partial charge in [-0.2, -0.15) is 5.10 Å². The fraction of sp³-hybridized carbons (Fsp3) is 0.467. The van der Waals surface area contributed by atoms with Crippen LogP contribution in [0.4, 0.5) is 5.69 Å². The van der Waals surface area contributed by atoms with Gasteiger partial charge in [-0.1, -0.05) is 0 Å². The normalized spacial score (nSPS) is 10.9. The summed E-state index contributed by atoms with van der Waals surface area (Å²) in [6.07, 6.45) is 1.55. The van der Waals surface area contributed by atoms with Crippen molar-refractivity contribution in [3.8, 4) is 5.75 Å². The third-order valence-electron chi connectivity index (χ3n) is 2.93. The van der Waals surface area contributed by atoms with Crippen molar-refractivity contribution in [1.29, 1.82) is 0 Å². The van der Waals surface area contributed by atoms with Crippen molar-refractivity contribution in [1.82, 2.24) is 10.7 Å². The second kappa shape index (κ2) is 8.46. The highest BCUT2D eigenvalue weighted by atomic mass is 32.1. The first kappa shape index (κ1) is 17.2. The van der Waals surface area contributed by atoms with Gasteiger partial charge in [0.25, 0.3) is 0 Å². The number of anilines is 1. The lowest BCUT2D eigenvalue weighted by Gasteiger charge is -2.21. The number of hydrogen-bond acceptors (Lipinski definition) is 4. The topological polar surface area (TPSA) is 59.9 Å². The summed E-state index contributed by atoms with van der Waals surface area (Å²) in [5.41, 5.74) is 4.36. The maximum atomic E-state index is 10.0. The summed E-state index contributed by atoms with van der Waals surface area (Å²) in [6.45, 7) is 9.97. The summed E-state index contributed by atoms with van der Waals surface area (Å²) in [7, 11) is 0. The molecule has 0 saturated heterocycles. The maximum Gasteiger partial charge on any atom is 0.187 e.